The van der Waals surface area contributed by atoms with Gasteiger partial charge in [0.05, 0.1) is 0 Å². The highest BCUT2D eigenvalue weighted by Crippen LogP contribution is 2.18. The number of anilines is 1. The van der Waals surface area contributed by atoms with Crippen molar-refractivity contribution in [2.45, 2.75) is 6.42 Å². The SMILES string of the molecule is O=C(Nc1cccc(F)c1)c1ccc(Cc2ccc3[nH]ccc3c2)cc1. The van der Waals surface area contributed by atoms with E-state index in [-0.39, 0.29) is 11.7 Å². The quantitative estimate of drug-likeness (QED) is 0.528. The average molecular weight is 344 g/mol. The summed E-state index contributed by atoms with van der Waals surface area (Å²) < 4.78 is 13.2. The molecule has 0 aliphatic carbocycles. The first-order chi connectivity index (χ1) is 12.7. The van der Waals surface area contributed by atoms with E-state index in [9.17, 15) is 9.18 Å². The summed E-state index contributed by atoms with van der Waals surface area (Å²) in [6, 6.07) is 21.7. The molecule has 2 N–H and O–H groups in total. The van der Waals surface area contributed by atoms with Crippen LogP contribution in [0.25, 0.3) is 10.9 Å². The van der Waals surface area contributed by atoms with Crippen LogP contribution in [0, 0.1) is 5.82 Å². The maximum absolute atomic E-state index is 13.2. The van der Waals surface area contributed by atoms with Gasteiger partial charge in [-0.1, -0.05) is 24.3 Å². The highest BCUT2D eigenvalue weighted by atomic mass is 19.1. The minimum absolute atomic E-state index is 0.254. The summed E-state index contributed by atoms with van der Waals surface area (Å²) in [5, 5.41) is 3.89. The third-order valence-corrected chi connectivity index (χ3v) is 4.32. The van der Waals surface area contributed by atoms with E-state index in [4.69, 9.17) is 0 Å². The van der Waals surface area contributed by atoms with E-state index in [1.165, 1.54) is 23.1 Å². The topological polar surface area (TPSA) is 44.9 Å². The lowest BCUT2D eigenvalue weighted by atomic mass is 10.0. The van der Waals surface area contributed by atoms with Gasteiger partial charge in [-0.15, -0.1) is 0 Å². The Kier molecular flexibility index (Phi) is 4.23. The van der Waals surface area contributed by atoms with Gasteiger partial charge in [0.1, 0.15) is 5.82 Å². The Morgan fingerprint density at radius 1 is 0.923 bits per heavy atom. The molecule has 0 spiro atoms. The zero-order chi connectivity index (χ0) is 17.9. The van der Waals surface area contributed by atoms with Gasteiger partial charge in [0, 0.05) is 23.0 Å². The Bertz CT molecular complexity index is 1070. The molecular weight excluding hydrogens is 327 g/mol. The number of rotatable bonds is 4. The predicted molar refractivity (Wildman–Crippen MR) is 102 cm³/mol. The lowest BCUT2D eigenvalue weighted by Crippen LogP contribution is -2.11. The Labute approximate surface area is 150 Å². The van der Waals surface area contributed by atoms with E-state index in [1.807, 2.05) is 18.3 Å². The molecule has 3 aromatic carbocycles. The maximum Gasteiger partial charge on any atom is 0.255 e. The Hall–Kier alpha value is -3.40. The molecule has 0 aliphatic rings. The first kappa shape index (κ1) is 16.1. The van der Waals surface area contributed by atoms with E-state index in [1.54, 1.807) is 24.3 Å². The van der Waals surface area contributed by atoms with Crippen LogP contribution in [0.4, 0.5) is 10.1 Å². The summed E-state index contributed by atoms with van der Waals surface area (Å²) in [4.78, 5) is 15.5. The first-order valence-electron chi connectivity index (χ1n) is 8.39. The zero-order valence-electron chi connectivity index (χ0n) is 14.0. The van der Waals surface area contributed by atoms with Crippen LogP contribution in [0.1, 0.15) is 21.5 Å². The van der Waals surface area contributed by atoms with Crippen molar-refractivity contribution in [3.05, 3.63) is 102 Å². The molecule has 1 amide bonds. The highest BCUT2D eigenvalue weighted by Gasteiger charge is 2.07. The second-order valence-electron chi connectivity index (χ2n) is 6.24. The van der Waals surface area contributed by atoms with Crippen molar-refractivity contribution in [2.75, 3.05) is 5.32 Å². The number of hydrogen-bond acceptors (Lipinski definition) is 1. The van der Waals surface area contributed by atoms with Crippen molar-refractivity contribution in [2.24, 2.45) is 0 Å². The fraction of sp³-hybridized carbons (Fsp3) is 0.0455. The van der Waals surface area contributed by atoms with E-state index in [0.29, 0.717) is 11.3 Å². The summed E-state index contributed by atoms with van der Waals surface area (Å²) >= 11 is 0. The molecule has 0 saturated carbocycles. The molecule has 128 valence electrons. The maximum atomic E-state index is 13.2. The molecule has 0 atom stereocenters. The predicted octanol–water partition coefficient (Wildman–Crippen LogP) is 5.15. The molecule has 0 saturated heterocycles. The van der Waals surface area contributed by atoms with Crippen molar-refractivity contribution in [3.63, 3.8) is 0 Å². The summed E-state index contributed by atoms with van der Waals surface area (Å²) in [7, 11) is 0. The minimum atomic E-state index is -0.377. The van der Waals surface area contributed by atoms with Crippen molar-refractivity contribution < 1.29 is 9.18 Å². The number of nitrogens with one attached hydrogen (secondary N) is 2. The molecule has 4 rings (SSSR count). The van der Waals surface area contributed by atoms with Crippen LogP contribution >= 0.6 is 0 Å². The van der Waals surface area contributed by atoms with Crippen molar-refractivity contribution >= 4 is 22.5 Å². The van der Waals surface area contributed by atoms with Gasteiger partial charge >= 0.3 is 0 Å². The fourth-order valence-electron chi connectivity index (χ4n) is 2.99. The van der Waals surface area contributed by atoms with Crippen LogP contribution in [0.3, 0.4) is 0 Å². The molecule has 0 unspecified atom stereocenters. The first-order valence-corrected chi connectivity index (χ1v) is 8.39. The third-order valence-electron chi connectivity index (χ3n) is 4.32. The largest absolute Gasteiger partial charge is 0.361 e. The molecule has 26 heavy (non-hydrogen) atoms. The van der Waals surface area contributed by atoms with E-state index in [2.05, 4.69) is 34.6 Å². The molecular formula is C22H17FN2O. The monoisotopic (exact) mass is 344 g/mol. The summed E-state index contributed by atoms with van der Waals surface area (Å²) in [6.45, 7) is 0. The second-order valence-corrected chi connectivity index (χ2v) is 6.24. The van der Waals surface area contributed by atoms with Crippen LogP contribution in [0.15, 0.2) is 79.0 Å². The van der Waals surface area contributed by atoms with Crippen molar-refractivity contribution in [1.82, 2.24) is 4.98 Å². The number of aromatic amines is 1. The minimum Gasteiger partial charge on any atom is -0.361 e. The van der Waals surface area contributed by atoms with Crippen LogP contribution in [0.5, 0.6) is 0 Å². The average Bonchev–Trinajstić information content (AvgIpc) is 3.10. The van der Waals surface area contributed by atoms with Gasteiger partial charge < -0.3 is 10.3 Å². The summed E-state index contributed by atoms with van der Waals surface area (Å²) in [5.74, 6) is -0.631. The van der Waals surface area contributed by atoms with Crippen LogP contribution in [-0.2, 0) is 6.42 Å². The number of benzene rings is 3. The van der Waals surface area contributed by atoms with E-state index >= 15 is 0 Å². The Morgan fingerprint density at radius 2 is 1.73 bits per heavy atom. The lowest BCUT2D eigenvalue weighted by Gasteiger charge is -2.07. The number of fused-ring (bicyclic) bond motifs is 1. The van der Waals surface area contributed by atoms with Crippen molar-refractivity contribution in [3.8, 4) is 0 Å². The molecule has 1 aromatic heterocycles. The Balaban J connectivity index is 1.46. The number of H-pyrrole nitrogens is 1. The Morgan fingerprint density at radius 3 is 2.54 bits per heavy atom. The lowest BCUT2D eigenvalue weighted by molar-refractivity contribution is 0.102. The molecule has 0 fully saturated rings. The molecule has 0 aliphatic heterocycles. The number of carbonyl (C=O) groups is 1. The number of aromatic nitrogens is 1. The highest BCUT2D eigenvalue weighted by molar-refractivity contribution is 6.04. The second kappa shape index (κ2) is 6.84. The number of amides is 1. The fourth-order valence-corrected chi connectivity index (χ4v) is 2.99. The standard InChI is InChI=1S/C22H17FN2O/c23-19-2-1-3-20(14-19)25-22(26)17-7-4-15(5-8-17)12-16-6-9-21-18(13-16)10-11-24-21/h1-11,13-14,24H,12H2,(H,25,26). The molecule has 0 bridgehead atoms. The van der Waals surface area contributed by atoms with Gasteiger partial charge in [0.15, 0.2) is 0 Å². The van der Waals surface area contributed by atoms with Gasteiger partial charge in [-0.05, 0) is 71.5 Å². The molecule has 1 heterocycles. The van der Waals surface area contributed by atoms with Crippen LogP contribution < -0.4 is 5.32 Å². The summed E-state index contributed by atoms with van der Waals surface area (Å²) in [5.41, 5.74) is 4.45. The molecule has 3 nitrogen and oxygen atoms in total. The summed E-state index contributed by atoms with van der Waals surface area (Å²) in [6.07, 6.45) is 2.73. The number of halogens is 1. The molecule has 4 aromatic rings. The van der Waals surface area contributed by atoms with Gasteiger partial charge in [0.25, 0.3) is 5.91 Å². The van der Waals surface area contributed by atoms with Gasteiger partial charge in [-0.3, -0.25) is 4.79 Å². The molecule has 4 heteroatoms. The zero-order valence-corrected chi connectivity index (χ0v) is 14.0. The van der Waals surface area contributed by atoms with Crippen LogP contribution in [0.2, 0.25) is 0 Å². The smallest absolute Gasteiger partial charge is 0.255 e. The van der Waals surface area contributed by atoms with Gasteiger partial charge in [0.2, 0.25) is 0 Å². The van der Waals surface area contributed by atoms with E-state index < -0.39 is 0 Å². The molecule has 0 radical (unpaired) electrons. The van der Waals surface area contributed by atoms with E-state index in [0.717, 1.165) is 17.5 Å². The normalized spacial score (nSPS) is 10.8. The third kappa shape index (κ3) is 3.49. The van der Waals surface area contributed by atoms with Crippen molar-refractivity contribution in [1.29, 1.82) is 0 Å². The van der Waals surface area contributed by atoms with Gasteiger partial charge in [-0.2, -0.15) is 0 Å². The van der Waals surface area contributed by atoms with Gasteiger partial charge in [-0.25, -0.2) is 4.39 Å². The number of carbonyl (C=O) groups excluding carboxylic acids is 1. The van der Waals surface area contributed by atoms with Crippen LogP contribution in [-0.4, -0.2) is 10.9 Å². The number of hydrogen-bond donors (Lipinski definition) is 2.